The first-order valence-electron chi connectivity index (χ1n) is 6.50. The fraction of sp³-hybridized carbons (Fsp3) is 0.600. The topological polar surface area (TPSA) is 20.2 Å². The van der Waals surface area contributed by atoms with Gasteiger partial charge in [-0.15, -0.1) is 0 Å². The van der Waals surface area contributed by atoms with Gasteiger partial charge in [-0.2, -0.15) is 0 Å². The monoisotopic (exact) mass is 236 g/mol. The van der Waals surface area contributed by atoms with Gasteiger partial charge in [0.1, 0.15) is 5.82 Å². The summed E-state index contributed by atoms with van der Waals surface area (Å²) in [4.78, 5) is 0. The van der Waals surface area contributed by atoms with Crippen LogP contribution in [0.2, 0.25) is 0 Å². The van der Waals surface area contributed by atoms with Crippen LogP contribution in [0.5, 0.6) is 0 Å². The van der Waals surface area contributed by atoms with Crippen LogP contribution in [0.4, 0.5) is 4.39 Å². The number of hydrogen-bond acceptors (Lipinski definition) is 1. The van der Waals surface area contributed by atoms with Crippen LogP contribution in [0, 0.1) is 17.7 Å². The van der Waals surface area contributed by atoms with Gasteiger partial charge >= 0.3 is 0 Å². The molecule has 1 N–H and O–H groups in total. The average Bonchev–Trinajstić information content (AvgIpc) is 2.29. The molecule has 2 unspecified atom stereocenters. The number of benzene rings is 1. The van der Waals surface area contributed by atoms with E-state index in [2.05, 4.69) is 13.8 Å². The number of rotatable bonds is 2. The normalized spacial score (nSPS) is 29.6. The second-order valence-electron chi connectivity index (χ2n) is 5.61. The van der Waals surface area contributed by atoms with Gasteiger partial charge in [0.05, 0.1) is 5.60 Å². The number of halogens is 1. The van der Waals surface area contributed by atoms with Crippen molar-refractivity contribution in [2.24, 2.45) is 11.8 Å². The third-order valence-corrected chi connectivity index (χ3v) is 4.08. The van der Waals surface area contributed by atoms with Gasteiger partial charge in [-0.3, -0.25) is 0 Å². The predicted molar refractivity (Wildman–Crippen MR) is 67.1 cm³/mol. The molecular formula is C15H21FO. The molecule has 1 aliphatic rings. The standard InChI is InChI=1S/C15H21FO/c1-11(2)12-6-5-9-15(17,10-12)13-7-3-4-8-14(13)16/h3-4,7-8,11-12,17H,5-6,9-10H2,1-2H3. The molecule has 1 saturated carbocycles. The van der Waals surface area contributed by atoms with E-state index in [4.69, 9.17) is 0 Å². The summed E-state index contributed by atoms with van der Waals surface area (Å²) in [6.07, 6.45) is 3.49. The Balaban J connectivity index is 2.27. The van der Waals surface area contributed by atoms with Crippen molar-refractivity contribution in [3.8, 4) is 0 Å². The second-order valence-corrected chi connectivity index (χ2v) is 5.61. The van der Waals surface area contributed by atoms with E-state index < -0.39 is 5.60 Å². The Morgan fingerprint density at radius 1 is 1.35 bits per heavy atom. The maximum absolute atomic E-state index is 13.8. The minimum atomic E-state index is -0.960. The molecule has 17 heavy (non-hydrogen) atoms. The molecule has 1 fully saturated rings. The van der Waals surface area contributed by atoms with E-state index in [-0.39, 0.29) is 5.82 Å². The molecule has 0 saturated heterocycles. The van der Waals surface area contributed by atoms with E-state index in [1.807, 2.05) is 0 Å². The summed E-state index contributed by atoms with van der Waals surface area (Å²) in [6, 6.07) is 6.63. The van der Waals surface area contributed by atoms with Crippen LogP contribution in [-0.4, -0.2) is 5.11 Å². The van der Waals surface area contributed by atoms with Crippen LogP contribution in [0.1, 0.15) is 45.1 Å². The summed E-state index contributed by atoms with van der Waals surface area (Å²) in [5, 5.41) is 10.7. The smallest absolute Gasteiger partial charge is 0.129 e. The fourth-order valence-corrected chi connectivity index (χ4v) is 2.95. The van der Waals surface area contributed by atoms with Crippen LogP contribution >= 0.6 is 0 Å². The average molecular weight is 236 g/mol. The van der Waals surface area contributed by atoms with Crippen molar-refractivity contribution in [3.63, 3.8) is 0 Å². The van der Waals surface area contributed by atoms with Crippen molar-refractivity contribution in [1.29, 1.82) is 0 Å². The van der Waals surface area contributed by atoms with E-state index in [1.54, 1.807) is 18.2 Å². The van der Waals surface area contributed by atoms with Gasteiger partial charge in [-0.1, -0.05) is 32.0 Å². The largest absolute Gasteiger partial charge is 0.385 e. The maximum atomic E-state index is 13.8. The van der Waals surface area contributed by atoms with Gasteiger partial charge in [-0.05, 0) is 43.6 Å². The van der Waals surface area contributed by atoms with Crippen LogP contribution in [0.25, 0.3) is 0 Å². The molecular weight excluding hydrogens is 215 g/mol. The van der Waals surface area contributed by atoms with Crippen molar-refractivity contribution in [2.75, 3.05) is 0 Å². The molecule has 1 aliphatic carbocycles. The summed E-state index contributed by atoms with van der Waals surface area (Å²) in [5.41, 5.74) is -0.483. The first-order chi connectivity index (χ1) is 8.03. The molecule has 0 radical (unpaired) electrons. The van der Waals surface area contributed by atoms with Gasteiger partial charge in [0.2, 0.25) is 0 Å². The van der Waals surface area contributed by atoms with Crippen molar-refractivity contribution in [3.05, 3.63) is 35.6 Å². The maximum Gasteiger partial charge on any atom is 0.129 e. The van der Waals surface area contributed by atoms with Gasteiger partial charge in [0.15, 0.2) is 0 Å². The molecule has 0 aromatic heterocycles. The molecule has 0 bridgehead atoms. The summed E-state index contributed by atoms with van der Waals surface area (Å²) < 4.78 is 13.8. The molecule has 2 atom stereocenters. The molecule has 1 aromatic carbocycles. The molecule has 1 aromatic rings. The van der Waals surface area contributed by atoms with E-state index in [9.17, 15) is 9.50 Å². The highest BCUT2D eigenvalue weighted by Gasteiger charge is 2.38. The first-order valence-corrected chi connectivity index (χ1v) is 6.50. The van der Waals surface area contributed by atoms with Crippen LogP contribution in [-0.2, 0) is 5.60 Å². The van der Waals surface area contributed by atoms with Crippen molar-refractivity contribution in [1.82, 2.24) is 0 Å². The lowest BCUT2D eigenvalue weighted by Gasteiger charge is -2.39. The summed E-state index contributed by atoms with van der Waals surface area (Å²) >= 11 is 0. The molecule has 0 amide bonds. The van der Waals surface area contributed by atoms with Crippen molar-refractivity contribution >= 4 is 0 Å². The highest BCUT2D eigenvalue weighted by atomic mass is 19.1. The molecule has 0 spiro atoms. The molecule has 1 nitrogen and oxygen atoms in total. The third kappa shape index (κ3) is 2.52. The number of hydrogen-bond donors (Lipinski definition) is 1. The Morgan fingerprint density at radius 3 is 2.71 bits per heavy atom. The van der Waals surface area contributed by atoms with E-state index >= 15 is 0 Å². The Bertz CT molecular complexity index is 388. The predicted octanol–water partition coefficient (Wildman–Crippen LogP) is 3.86. The highest BCUT2D eigenvalue weighted by molar-refractivity contribution is 5.25. The SMILES string of the molecule is CC(C)C1CCCC(O)(c2ccccc2F)C1. The molecule has 94 valence electrons. The van der Waals surface area contributed by atoms with Crippen molar-refractivity contribution < 1.29 is 9.50 Å². The zero-order valence-corrected chi connectivity index (χ0v) is 10.6. The van der Waals surface area contributed by atoms with Gasteiger partial charge in [0, 0.05) is 5.56 Å². The third-order valence-electron chi connectivity index (χ3n) is 4.08. The highest BCUT2D eigenvalue weighted by Crippen LogP contribution is 2.43. The minimum Gasteiger partial charge on any atom is -0.385 e. The van der Waals surface area contributed by atoms with Gasteiger partial charge in [-0.25, -0.2) is 4.39 Å². The van der Waals surface area contributed by atoms with E-state index in [0.717, 1.165) is 12.8 Å². The molecule has 2 heteroatoms. The van der Waals surface area contributed by atoms with Gasteiger partial charge < -0.3 is 5.11 Å². The van der Waals surface area contributed by atoms with Crippen LogP contribution in [0.3, 0.4) is 0 Å². The minimum absolute atomic E-state index is 0.278. The van der Waals surface area contributed by atoms with Gasteiger partial charge in [0.25, 0.3) is 0 Å². The van der Waals surface area contributed by atoms with E-state index in [0.29, 0.717) is 30.2 Å². The lowest BCUT2D eigenvalue weighted by molar-refractivity contribution is -0.0321. The zero-order chi connectivity index (χ0) is 12.5. The summed E-state index contributed by atoms with van der Waals surface area (Å²) in [6.45, 7) is 4.36. The molecule has 2 rings (SSSR count). The summed E-state index contributed by atoms with van der Waals surface area (Å²) in [5.74, 6) is 0.765. The van der Waals surface area contributed by atoms with Crippen LogP contribution < -0.4 is 0 Å². The lowest BCUT2D eigenvalue weighted by atomic mass is 9.71. The first kappa shape index (κ1) is 12.6. The number of aliphatic hydroxyl groups is 1. The van der Waals surface area contributed by atoms with Crippen LogP contribution in [0.15, 0.2) is 24.3 Å². The van der Waals surface area contributed by atoms with E-state index in [1.165, 1.54) is 6.07 Å². The lowest BCUT2D eigenvalue weighted by Crippen LogP contribution is -2.35. The van der Waals surface area contributed by atoms with Crippen molar-refractivity contribution in [2.45, 2.75) is 45.1 Å². The summed E-state index contributed by atoms with van der Waals surface area (Å²) in [7, 11) is 0. The molecule has 0 aliphatic heterocycles. The fourth-order valence-electron chi connectivity index (χ4n) is 2.95. The Labute approximate surface area is 103 Å². The second kappa shape index (κ2) is 4.77. The zero-order valence-electron chi connectivity index (χ0n) is 10.6. The Kier molecular flexibility index (Phi) is 3.53. The Hall–Kier alpha value is -0.890. The quantitative estimate of drug-likeness (QED) is 0.826. The molecule has 0 heterocycles. The Morgan fingerprint density at radius 2 is 2.06 bits per heavy atom.